The summed E-state index contributed by atoms with van der Waals surface area (Å²) in [6, 6.07) is 2.33. The van der Waals surface area contributed by atoms with Crippen molar-refractivity contribution in [1.29, 1.82) is 0 Å². The van der Waals surface area contributed by atoms with Gasteiger partial charge in [-0.25, -0.2) is 12.8 Å². The molecule has 0 spiro atoms. The summed E-state index contributed by atoms with van der Waals surface area (Å²) >= 11 is 2.95. The van der Waals surface area contributed by atoms with Crippen LogP contribution >= 0.6 is 15.9 Å². The Morgan fingerprint density at radius 2 is 2.15 bits per heavy atom. The molecule has 2 atom stereocenters. The fourth-order valence-corrected chi connectivity index (χ4v) is 4.27. The van der Waals surface area contributed by atoms with Crippen molar-refractivity contribution in [3.05, 3.63) is 28.5 Å². The molecule has 0 saturated carbocycles. The third-order valence-corrected chi connectivity index (χ3v) is 5.92. The molecule has 0 aliphatic carbocycles. The Bertz CT molecular complexity index is 649. The van der Waals surface area contributed by atoms with Gasteiger partial charge in [0.2, 0.25) is 10.0 Å². The zero-order valence-corrected chi connectivity index (χ0v) is 13.0. The van der Waals surface area contributed by atoms with Crippen LogP contribution in [-0.4, -0.2) is 36.4 Å². The van der Waals surface area contributed by atoms with Crippen molar-refractivity contribution in [3.8, 4) is 0 Å². The van der Waals surface area contributed by atoms with Gasteiger partial charge >= 0.3 is 5.97 Å². The van der Waals surface area contributed by atoms with Crippen LogP contribution in [0.5, 0.6) is 0 Å². The predicted molar refractivity (Wildman–Crippen MR) is 73.2 cm³/mol. The van der Waals surface area contributed by atoms with Gasteiger partial charge in [-0.2, -0.15) is 4.31 Å². The van der Waals surface area contributed by atoms with E-state index in [1.165, 1.54) is 12.1 Å². The van der Waals surface area contributed by atoms with Crippen LogP contribution in [0.1, 0.15) is 13.3 Å². The number of hydrogen-bond donors (Lipinski definition) is 1. The molecule has 1 saturated heterocycles. The van der Waals surface area contributed by atoms with E-state index in [0.717, 1.165) is 10.4 Å². The molecule has 1 aromatic carbocycles. The van der Waals surface area contributed by atoms with E-state index < -0.39 is 27.9 Å². The zero-order chi connectivity index (χ0) is 15.1. The van der Waals surface area contributed by atoms with Crippen LogP contribution in [0.2, 0.25) is 0 Å². The first-order valence-electron chi connectivity index (χ1n) is 5.95. The first-order chi connectivity index (χ1) is 9.25. The first kappa shape index (κ1) is 15.4. The van der Waals surface area contributed by atoms with Gasteiger partial charge in [0.15, 0.2) is 0 Å². The summed E-state index contributed by atoms with van der Waals surface area (Å²) in [6.45, 7) is 1.81. The second-order valence-electron chi connectivity index (χ2n) is 4.74. The van der Waals surface area contributed by atoms with Crippen LogP contribution in [0, 0.1) is 11.7 Å². The Kier molecular flexibility index (Phi) is 4.17. The quantitative estimate of drug-likeness (QED) is 0.889. The molecular formula is C12H13BrFNO4S. The molecule has 1 heterocycles. The van der Waals surface area contributed by atoms with Crippen LogP contribution in [-0.2, 0) is 14.8 Å². The first-order valence-corrected chi connectivity index (χ1v) is 8.18. The topological polar surface area (TPSA) is 74.7 Å². The summed E-state index contributed by atoms with van der Waals surface area (Å²) in [5.41, 5.74) is 0. The highest BCUT2D eigenvalue weighted by Crippen LogP contribution is 2.31. The van der Waals surface area contributed by atoms with E-state index in [4.69, 9.17) is 0 Å². The van der Waals surface area contributed by atoms with Crippen LogP contribution in [0.25, 0.3) is 0 Å². The Hall–Kier alpha value is -0.990. The molecule has 0 aromatic heterocycles. The Labute approximate surface area is 124 Å². The van der Waals surface area contributed by atoms with Gasteiger partial charge in [-0.15, -0.1) is 0 Å². The van der Waals surface area contributed by atoms with Gasteiger partial charge in [-0.05, 0) is 46.5 Å². The maximum Gasteiger partial charge on any atom is 0.322 e. The second kappa shape index (κ2) is 5.42. The summed E-state index contributed by atoms with van der Waals surface area (Å²) in [5, 5.41) is 9.18. The molecule has 2 unspecified atom stereocenters. The zero-order valence-electron chi connectivity index (χ0n) is 10.6. The minimum absolute atomic E-state index is 0.123. The molecule has 110 valence electrons. The van der Waals surface area contributed by atoms with Crippen LogP contribution in [0.4, 0.5) is 4.39 Å². The fraction of sp³-hybridized carbons (Fsp3) is 0.417. The molecule has 1 aliphatic heterocycles. The van der Waals surface area contributed by atoms with E-state index in [1.54, 1.807) is 6.92 Å². The average Bonchev–Trinajstić information content (AvgIpc) is 2.75. The van der Waals surface area contributed by atoms with E-state index in [0.29, 0.717) is 6.42 Å². The second-order valence-corrected chi connectivity index (χ2v) is 7.49. The maximum atomic E-state index is 13.5. The van der Waals surface area contributed by atoms with E-state index in [2.05, 4.69) is 15.9 Å². The third-order valence-electron chi connectivity index (χ3n) is 3.40. The lowest BCUT2D eigenvalue weighted by Crippen LogP contribution is -2.42. The minimum Gasteiger partial charge on any atom is -0.480 e. The number of nitrogens with zero attached hydrogens (tertiary/aromatic N) is 1. The monoisotopic (exact) mass is 365 g/mol. The highest BCUT2D eigenvalue weighted by molar-refractivity contribution is 9.10. The van der Waals surface area contributed by atoms with Gasteiger partial charge in [-0.3, -0.25) is 4.79 Å². The molecule has 0 bridgehead atoms. The highest BCUT2D eigenvalue weighted by Gasteiger charge is 2.43. The lowest BCUT2D eigenvalue weighted by atomic mass is 10.0. The van der Waals surface area contributed by atoms with E-state index in [1.807, 2.05) is 0 Å². The Morgan fingerprint density at radius 3 is 2.70 bits per heavy atom. The van der Waals surface area contributed by atoms with Crippen molar-refractivity contribution in [3.63, 3.8) is 0 Å². The number of sulfonamides is 1. The highest BCUT2D eigenvalue weighted by atomic mass is 79.9. The van der Waals surface area contributed by atoms with Crippen LogP contribution in [0.15, 0.2) is 27.6 Å². The van der Waals surface area contributed by atoms with Gasteiger partial charge in [0.25, 0.3) is 0 Å². The van der Waals surface area contributed by atoms with Crippen LogP contribution < -0.4 is 0 Å². The Morgan fingerprint density at radius 1 is 1.50 bits per heavy atom. The van der Waals surface area contributed by atoms with Crippen molar-refractivity contribution in [2.45, 2.75) is 24.3 Å². The third kappa shape index (κ3) is 2.59. The smallest absolute Gasteiger partial charge is 0.322 e. The number of halogens is 2. The van der Waals surface area contributed by atoms with E-state index >= 15 is 0 Å². The van der Waals surface area contributed by atoms with Crippen molar-refractivity contribution in [2.24, 2.45) is 5.92 Å². The molecule has 20 heavy (non-hydrogen) atoms. The van der Waals surface area contributed by atoms with Crippen LogP contribution in [0.3, 0.4) is 0 Å². The molecule has 1 N–H and O–H groups in total. The molecule has 1 fully saturated rings. The summed E-state index contributed by atoms with van der Waals surface area (Å²) in [5.74, 6) is -2.16. The lowest BCUT2D eigenvalue weighted by molar-refractivity contribution is -0.141. The molecule has 0 radical (unpaired) electrons. The molecule has 1 aromatic rings. The standard InChI is InChI=1S/C12H13BrFNO4S/c1-7-4-5-15(11(7)12(16)17)20(18,19)8-2-3-9(13)10(14)6-8/h2-3,6-7,11H,4-5H2,1H3,(H,16,17). The summed E-state index contributed by atoms with van der Waals surface area (Å²) in [6.07, 6.45) is 0.467. The van der Waals surface area contributed by atoms with Gasteiger partial charge < -0.3 is 5.11 Å². The number of benzene rings is 1. The van der Waals surface area contributed by atoms with Gasteiger partial charge in [0, 0.05) is 6.54 Å². The number of hydrogen-bond acceptors (Lipinski definition) is 3. The van der Waals surface area contributed by atoms with Gasteiger partial charge in [0.1, 0.15) is 11.9 Å². The van der Waals surface area contributed by atoms with E-state index in [9.17, 15) is 22.7 Å². The van der Waals surface area contributed by atoms with Gasteiger partial charge in [0.05, 0.1) is 9.37 Å². The number of carbonyl (C=O) groups is 1. The molecule has 0 amide bonds. The van der Waals surface area contributed by atoms with Crippen molar-refractivity contribution in [2.75, 3.05) is 6.54 Å². The number of carboxylic acids is 1. The summed E-state index contributed by atoms with van der Waals surface area (Å²) in [7, 11) is -4.01. The van der Waals surface area contributed by atoms with Gasteiger partial charge in [-0.1, -0.05) is 6.92 Å². The molecule has 8 heteroatoms. The normalized spacial score (nSPS) is 23.9. The molecule has 5 nitrogen and oxygen atoms in total. The molecule has 2 rings (SSSR count). The molecule has 1 aliphatic rings. The summed E-state index contributed by atoms with van der Waals surface area (Å²) in [4.78, 5) is 11.0. The van der Waals surface area contributed by atoms with E-state index in [-0.39, 0.29) is 21.8 Å². The average molecular weight is 366 g/mol. The predicted octanol–water partition coefficient (Wildman–Crippen LogP) is 2.07. The van der Waals surface area contributed by atoms with Crippen molar-refractivity contribution < 1.29 is 22.7 Å². The number of carboxylic acid groups (broad SMARTS) is 1. The fourth-order valence-electron chi connectivity index (χ4n) is 2.32. The Balaban J connectivity index is 2.44. The number of aliphatic carboxylic acids is 1. The molecular weight excluding hydrogens is 353 g/mol. The van der Waals surface area contributed by atoms with Crippen molar-refractivity contribution >= 4 is 31.9 Å². The lowest BCUT2D eigenvalue weighted by Gasteiger charge is -2.22. The van der Waals surface area contributed by atoms with Crippen molar-refractivity contribution in [1.82, 2.24) is 4.31 Å². The minimum atomic E-state index is -4.01. The SMILES string of the molecule is CC1CCN(S(=O)(=O)c2ccc(Br)c(F)c2)C1C(=O)O. The maximum absolute atomic E-state index is 13.5. The largest absolute Gasteiger partial charge is 0.480 e. The number of rotatable bonds is 3. The summed E-state index contributed by atoms with van der Waals surface area (Å²) < 4.78 is 39.4.